The van der Waals surface area contributed by atoms with Crippen molar-refractivity contribution in [1.82, 2.24) is 19.3 Å². The summed E-state index contributed by atoms with van der Waals surface area (Å²) in [6.45, 7) is 5.73. The van der Waals surface area contributed by atoms with Gasteiger partial charge in [0.15, 0.2) is 5.65 Å². The van der Waals surface area contributed by atoms with Crippen LogP contribution in [-0.4, -0.2) is 44.3 Å². The number of benzene rings is 1. The number of hydrogen-bond donors (Lipinski definition) is 1. The number of piperidine rings is 1. The minimum absolute atomic E-state index is 0.247. The van der Waals surface area contributed by atoms with Crippen molar-refractivity contribution in [3.63, 3.8) is 0 Å². The Morgan fingerprint density at radius 3 is 3.03 bits per heavy atom. The molecule has 1 atom stereocenters. The maximum absolute atomic E-state index is 12.8. The maximum atomic E-state index is 12.8. The number of aryl methyl sites for hydroxylation is 1. The number of likely N-dealkylation sites (tertiary alicyclic amines) is 1. The Kier molecular flexibility index (Phi) is 5.79. The first-order valence-electron chi connectivity index (χ1n) is 10.6. The number of amides is 1. The SMILES string of the molecule is CC[C@H]1CCCCN1C(=O)CCNc1c(-c2cccc(C)c2)nc2cnccn12. The van der Waals surface area contributed by atoms with Crippen LogP contribution in [0.5, 0.6) is 0 Å². The molecule has 3 heterocycles. The lowest BCUT2D eigenvalue weighted by molar-refractivity contribution is -0.134. The minimum atomic E-state index is 0.247. The van der Waals surface area contributed by atoms with Crippen molar-refractivity contribution in [1.29, 1.82) is 0 Å². The first-order valence-corrected chi connectivity index (χ1v) is 10.6. The molecule has 6 nitrogen and oxygen atoms in total. The van der Waals surface area contributed by atoms with Gasteiger partial charge < -0.3 is 10.2 Å². The Morgan fingerprint density at radius 2 is 2.21 bits per heavy atom. The van der Waals surface area contributed by atoms with Gasteiger partial charge in [0.2, 0.25) is 5.91 Å². The molecule has 1 aliphatic rings. The van der Waals surface area contributed by atoms with Gasteiger partial charge in [-0.05, 0) is 38.7 Å². The molecule has 0 unspecified atom stereocenters. The van der Waals surface area contributed by atoms with E-state index in [2.05, 4.69) is 47.2 Å². The number of rotatable bonds is 6. The first-order chi connectivity index (χ1) is 14.2. The molecule has 29 heavy (non-hydrogen) atoms. The highest BCUT2D eigenvalue weighted by molar-refractivity contribution is 5.79. The van der Waals surface area contributed by atoms with E-state index in [1.807, 2.05) is 16.7 Å². The molecule has 1 amide bonds. The summed E-state index contributed by atoms with van der Waals surface area (Å²) in [6, 6.07) is 8.72. The molecule has 0 radical (unpaired) electrons. The second-order valence-corrected chi connectivity index (χ2v) is 7.80. The van der Waals surface area contributed by atoms with Crippen LogP contribution in [-0.2, 0) is 4.79 Å². The molecule has 1 aliphatic heterocycles. The molecule has 152 valence electrons. The Balaban J connectivity index is 1.53. The fourth-order valence-electron chi connectivity index (χ4n) is 4.25. The predicted octanol–water partition coefficient (Wildman–Crippen LogP) is 4.30. The van der Waals surface area contributed by atoms with Gasteiger partial charge in [0.25, 0.3) is 0 Å². The van der Waals surface area contributed by atoms with E-state index in [0.29, 0.717) is 19.0 Å². The Morgan fingerprint density at radius 1 is 1.31 bits per heavy atom. The van der Waals surface area contributed by atoms with Crippen molar-refractivity contribution in [3.05, 3.63) is 48.4 Å². The normalized spacial score (nSPS) is 16.9. The van der Waals surface area contributed by atoms with Gasteiger partial charge in [-0.25, -0.2) is 4.98 Å². The van der Waals surface area contributed by atoms with Crippen molar-refractivity contribution in [3.8, 4) is 11.3 Å². The third-order valence-electron chi connectivity index (χ3n) is 5.77. The van der Waals surface area contributed by atoms with Gasteiger partial charge in [-0.1, -0.05) is 30.7 Å². The Hall–Kier alpha value is -2.89. The third-order valence-corrected chi connectivity index (χ3v) is 5.77. The van der Waals surface area contributed by atoms with E-state index < -0.39 is 0 Å². The highest BCUT2D eigenvalue weighted by Crippen LogP contribution is 2.29. The van der Waals surface area contributed by atoms with Gasteiger partial charge in [-0.15, -0.1) is 0 Å². The monoisotopic (exact) mass is 391 g/mol. The van der Waals surface area contributed by atoms with E-state index in [0.717, 1.165) is 48.5 Å². The van der Waals surface area contributed by atoms with E-state index >= 15 is 0 Å². The fourth-order valence-corrected chi connectivity index (χ4v) is 4.25. The smallest absolute Gasteiger partial charge is 0.224 e. The zero-order chi connectivity index (χ0) is 20.2. The van der Waals surface area contributed by atoms with Crippen molar-refractivity contribution in [2.75, 3.05) is 18.4 Å². The molecule has 0 aliphatic carbocycles. The van der Waals surface area contributed by atoms with Crippen LogP contribution < -0.4 is 5.32 Å². The number of anilines is 1. The number of nitrogens with zero attached hydrogens (tertiary/aromatic N) is 4. The average Bonchev–Trinajstić information content (AvgIpc) is 3.12. The standard InChI is InChI=1S/C23H29N5O/c1-3-19-9-4-5-13-27(19)21(29)10-11-25-23-22(18-8-6-7-17(2)15-18)26-20-16-24-12-14-28(20)23/h6-8,12,14-16,19,25H,3-5,9-11,13H2,1-2H3/t19-/m0/s1. The Bertz CT molecular complexity index is 996. The molecule has 3 aromatic rings. The van der Waals surface area contributed by atoms with Gasteiger partial charge in [0.05, 0.1) is 6.20 Å². The lowest BCUT2D eigenvalue weighted by Gasteiger charge is -2.35. The van der Waals surface area contributed by atoms with Crippen molar-refractivity contribution < 1.29 is 4.79 Å². The van der Waals surface area contributed by atoms with Crippen LogP contribution in [0.3, 0.4) is 0 Å². The van der Waals surface area contributed by atoms with E-state index in [1.165, 1.54) is 12.0 Å². The second-order valence-electron chi connectivity index (χ2n) is 7.80. The van der Waals surface area contributed by atoms with Crippen molar-refractivity contribution in [2.24, 2.45) is 0 Å². The quantitative estimate of drug-likeness (QED) is 0.681. The third kappa shape index (κ3) is 4.11. The van der Waals surface area contributed by atoms with E-state index in [1.54, 1.807) is 12.4 Å². The van der Waals surface area contributed by atoms with Gasteiger partial charge in [-0.3, -0.25) is 14.2 Å². The van der Waals surface area contributed by atoms with Crippen molar-refractivity contribution in [2.45, 2.75) is 52.0 Å². The maximum Gasteiger partial charge on any atom is 0.224 e. The van der Waals surface area contributed by atoms with Crippen molar-refractivity contribution >= 4 is 17.4 Å². The summed E-state index contributed by atoms with van der Waals surface area (Å²) < 4.78 is 2.00. The number of aromatic nitrogens is 3. The van der Waals surface area contributed by atoms with E-state index in [-0.39, 0.29) is 5.91 Å². The summed E-state index contributed by atoms with van der Waals surface area (Å²) in [5.74, 6) is 1.16. The first kappa shape index (κ1) is 19.4. The number of carbonyl (C=O) groups is 1. The highest BCUT2D eigenvalue weighted by Gasteiger charge is 2.25. The lowest BCUT2D eigenvalue weighted by Crippen LogP contribution is -2.43. The molecule has 1 fully saturated rings. The molecule has 6 heteroatoms. The number of nitrogens with one attached hydrogen (secondary N) is 1. The number of imidazole rings is 1. The summed E-state index contributed by atoms with van der Waals surface area (Å²) in [4.78, 5) is 23.9. The summed E-state index contributed by atoms with van der Waals surface area (Å²) in [6.07, 6.45) is 10.4. The molecule has 0 spiro atoms. The zero-order valence-electron chi connectivity index (χ0n) is 17.3. The van der Waals surface area contributed by atoms with Crippen LogP contribution in [0.1, 0.15) is 44.6 Å². The van der Waals surface area contributed by atoms with Crippen LogP contribution in [0.4, 0.5) is 5.82 Å². The number of fused-ring (bicyclic) bond motifs is 1. The second kappa shape index (κ2) is 8.64. The number of carbonyl (C=O) groups excluding carboxylic acids is 1. The van der Waals surface area contributed by atoms with Crippen LogP contribution in [0.15, 0.2) is 42.9 Å². The molecular weight excluding hydrogens is 362 g/mol. The molecule has 1 N–H and O–H groups in total. The molecule has 1 saturated heterocycles. The topological polar surface area (TPSA) is 62.5 Å². The average molecular weight is 392 g/mol. The minimum Gasteiger partial charge on any atom is -0.369 e. The highest BCUT2D eigenvalue weighted by atomic mass is 16.2. The summed E-state index contributed by atoms with van der Waals surface area (Å²) in [7, 11) is 0. The van der Waals surface area contributed by atoms with Gasteiger partial charge >= 0.3 is 0 Å². The molecule has 4 rings (SSSR count). The van der Waals surface area contributed by atoms with Crippen LogP contribution in [0.2, 0.25) is 0 Å². The number of hydrogen-bond acceptors (Lipinski definition) is 4. The van der Waals surface area contributed by atoms with Gasteiger partial charge in [-0.2, -0.15) is 0 Å². The molecule has 2 aromatic heterocycles. The molecule has 0 saturated carbocycles. The predicted molar refractivity (Wildman–Crippen MR) is 116 cm³/mol. The van der Waals surface area contributed by atoms with Gasteiger partial charge in [0.1, 0.15) is 11.5 Å². The van der Waals surface area contributed by atoms with Gasteiger partial charge in [0, 0.05) is 43.5 Å². The zero-order valence-corrected chi connectivity index (χ0v) is 17.3. The fraction of sp³-hybridized carbons (Fsp3) is 0.435. The van der Waals surface area contributed by atoms with E-state index in [4.69, 9.17) is 4.98 Å². The van der Waals surface area contributed by atoms with Crippen LogP contribution in [0, 0.1) is 6.92 Å². The summed E-state index contributed by atoms with van der Waals surface area (Å²) in [5.41, 5.74) is 3.93. The van der Waals surface area contributed by atoms with Crippen LogP contribution in [0.25, 0.3) is 16.9 Å². The lowest BCUT2D eigenvalue weighted by atomic mass is 9.99. The van der Waals surface area contributed by atoms with E-state index in [9.17, 15) is 4.79 Å². The molecule has 0 bridgehead atoms. The summed E-state index contributed by atoms with van der Waals surface area (Å²) >= 11 is 0. The molecule has 1 aromatic carbocycles. The largest absolute Gasteiger partial charge is 0.369 e. The van der Waals surface area contributed by atoms with Crippen LogP contribution >= 0.6 is 0 Å². The summed E-state index contributed by atoms with van der Waals surface area (Å²) in [5, 5.41) is 3.48. The Labute approximate surface area is 172 Å². The molecular formula is C23H29N5O.